The first-order valence-corrected chi connectivity index (χ1v) is 5.74. The Kier molecular flexibility index (Phi) is 7.45. The molecule has 0 saturated carbocycles. The second-order valence-corrected chi connectivity index (χ2v) is 4.62. The van der Waals surface area contributed by atoms with Crippen LogP contribution in [0.3, 0.4) is 0 Å². The van der Waals surface area contributed by atoms with Crippen LogP contribution < -0.4 is 0 Å². The van der Waals surface area contributed by atoms with Gasteiger partial charge in [0.1, 0.15) is 6.29 Å². The highest BCUT2D eigenvalue weighted by atomic mass is 16.1. The van der Waals surface area contributed by atoms with Gasteiger partial charge in [-0.2, -0.15) is 0 Å². The van der Waals surface area contributed by atoms with Crippen LogP contribution in [-0.4, -0.2) is 6.29 Å². The molecule has 1 heteroatoms. The molecule has 1 unspecified atom stereocenters. The molecule has 0 aliphatic carbocycles. The van der Waals surface area contributed by atoms with E-state index in [0.29, 0.717) is 11.8 Å². The fourth-order valence-corrected chi connectivity index (χ4v) is 1.61. The van der Waals surface area contributed by atoms with Gasteiger partial charge in [-0.15, -0.1) is 0 Å². The van der Waals surface area contributed by atoms with Crippen molar-refractivity contribution in [3.05, 3.63) is 11.6 Å². The van der Waals surface area contributed by atoms with Crippen molar-refractivity contribution in [2.45, 2.75) is 53.4 Å². The van der Waals surface area contributed by atoms with E-state index >= 15 is 0 Å². The van der Waals surface area contributed by atoms with Gasteiger partial charge in [0.05, 0.1) is 0 Å². The lowest BCUT2D eigenvalue weighted by Gasteiger charge is -2.08. The number of hydrogen-bond donors (Lipinski definition) is 0. The predicted molar refractivity (Wildman–Crippen MR) is 62.3 cm³/mol. The summed E-state index contributed by atoms with van der Waals surface area (Å²) in [6.45, 7) is 8.74. The van der Waals surface area contributed by atoms with Crippen LogP contribution in [0.4, 0.5) is 0 Å². The van der Waals surface area contributed by atoms with Crippen molar-refractivity contribution >= 4 is 6.29 Å². The molecular weight excluding hydrogens is 172 g/mol. The van der Waals surface area contributed by atoms with Gasteiger partial charge in [0.15, 0.2) is 0 Å². The molecule has 82 valence electrons. The number of hydrogen-bond acceptors (Lipinski definition) is 1. The molecule has 0 aliphatic rings. The number of allylic oxidation sites excluding steroid dienone is 2. The molecule has 0 rings (SSSR count). The van der Waals surface area contributed by atoms with E-state index < -0.39 is 0 Å². The van der Waals surface area contributed by atoms with E-state index in [-0.39, 0.29) is 0 Å². The summed E-state index contributed by atoms with van der Waals surface area (Å²) in [5, 5.41) is 0. The van der Waals surface area contributed by atoms with Gasteiger partial charge in [-0.1, -0.05) is 46.6 Å². The van der Waals surface area contributed by atoms with E-state index in [4.69, 9.17) is 0 Å². The van der Waals surface area contributed by atoms with Crippen molar-refractivity contribution < 1.29 is 4.79 Å². The zero-order valence-corrected chi connectivity index (χ0v) is 10.0. The Morgan fingerprint density at radius 2 is 1.93 bits per heavy atom. The lowest BCUT2D eigenvalue weighted by molar-refractivity contribution is -0.105. The van der Waals surface area contributed by atoms with Crippen LogP contribution in [0.25, 0.3) is 0 Å². The van der Waals surface area contributed by atoms with E-state index in [1.807, 2.05) is 0 Å². The smallest absolute Gasteiger partial charge is 0.145 e. The molecule has 1 atom stereocenters. The molecule has 0 fully saturated rings. The minimum absolute atomic E-state index is 0.577. The van der Waals surface area contributed by atoms with Gasteiger partial charge in [0.25, 0.3) is 0 Å². The SMILES string of the molecule is CCCC(C)CC=C(C=O)CC(C)C. The predicted octanol–water partition coefficient (Wildman–Crippen LogP) is 3.98. The normalized spacial score (nSPS) is 14.5. The third-order valence-electron chi connectivity index (χ3n) is 2.36. The molecule has 14 heavy (non-hydrogen) atoms. The van der Waals surface area contributed by atoms with Crippen LogP contribution in [-0.2, 0) is 4.79 Å². The summed E-state index contributed by atoms with van der Waals surface area (Å²) < 4.78 is 0. The van der Waals surface area contributed by atoms with Gasteiger partial charge in [-0.3, -0.25) is 4.79 Å². The van der Waals surface area contributed by atoms with Crippen LogP contribution in [0.2, 0.25) is 0 Å². The highest BCUT2D eigenvalue weighted by Gasteiger charge is 2.02. The molecule has 0 amide bonds. The Bertz CT molecular complexity index is 180. The first kappa shape index (κ1) is 13.4. The summed E-state index contributed by atoms with van der Waals surface area (Å²) >= 11 is 0. The largest absolute Gasteiger partial charge is 0.298 e. The van der Waals surface area contributed by atoms with Gasteiger partial charge >= 0.3 is 0 Å². The topological polar surface area (TPSA) is 17.1 Å². The number of aldehydes is 1. The van der Waals surface area contributed by atoms with Crippen LogP contribution >= 0.6 is 0 Å². The summed E-state index contributed by atoms with van der Waals surface area (Å²) in [6, 6.07) is 0. The van der Waals surface area contributed by atoms with Crippen molar-refractivity contribution in [1.29, 1.82) is 0 Å². The maximum atomic E-state index is 10.7. The average Bonchev–Trinajstić information content (AvgIpc) is 2.12. The first-order chi connectivity index (χ1) is 6.60. The summed E-state index contributed by atoms with van der Waals surface area (Å²) in [7, 11) is 0. The lowest BCUT2D eigenvalue weighted by atomic mass is 9.98. The molecule has 0 spiro atoms. The summed E-state index contributed by atoms with van der Waals surface area (Å²) in [4.78, 5) is 10.7. The molecule has 0 heterocycles. The molecule has 0 aliphatic heterocycles. The van der Waals surface area contributed by atoms with E-state index in [0.717, 1.165) is 24.7 Å². The van der Waals surface area contributed by atoms with Crippen molar-refractivity contribution in [1.82, 2.24) is 0 Å². The maximum Gasteiger partial charge on any atom is 0.145 e. The fraction of sp³-hybridized carbons (Fsp3) is 0.769. The van der Waals surface area contributed by atoms with Crippen molar-refractivity contribution in [2.75, 3.05) is 0 Å². The Hall–Kier alpha value is -0.590. The second-order valence-electron chi connectivity index (χ2n) is 4.62. The Balaban J connectivity index is 3.97. The van der Waals surface area contributed by atoms with Gasteiger partial charge in [0, 0.05) is 0 Å². The lowest BCUT2D eigenvalue weighted by Crippen LogP contribution is -1.96. The molecule has 0 aromatic rings. The highest BCUT2D eigenvalue weighted by molar-refractivity contribution is 5.72. The van der Waals surface area contributed by atoms with Crippen LogP contribution in [0.1, 0.15) is 53.4 Å². The van der Waals surface area contributed by atoms with Gasteiger partial charge in [0.2, 0.25) is 0 Å². The Morgan fingerprint density at radius 3 is 2.36 bits per heavy atom. The number of carbonyl (C=O) groups is 1. The van der Waals surface area contributed by atoms with E-state index in [2.05, 4.69) is 33.8 Å². The molecule has 0 bridgehead atoms. The molecule has 0 aromatic heterocycles. The van der Waals surface area contributed by atoms with Gasteiger partial charge < -0.3 is 0 Å². The number of rotatable bonds is 7. The van der Waals surface area contributed by atoms with Gasteiger partial charge in [-0.25, -0.2) is 0 Å². The maximum absolute atomic E-state index is 10.7. The van der Waals surface area contributed by atoms with Crippen LogP contribution in [0.5, 0.6) is 0 Å². The van der Waals surface area contributed by atoms with E-state index in [9.17, 15) is 4.79 Å². The van der Waals surface area contributed by atoms with Crippen LogP contribution in [0.15, 0.2) is 11.6 Å². The molecule has 0 radical (unpaired) electrons. The fourth-order valence-electron chi connectivity index (χ4n) is 1.61. The molecule has 1 nitrogen and oxygen atoms in total. The molecular formula is C13H24O. The highest BCUT2D eigenvalue weighted by Crippen LogP contribution is 2.14. The zero-order chi connectivity index (χ0) is 11.0. The van der Waals surface area contributed by atoms with E-state index in [1.54, 1.807) is 0 Å². The van der Waals surface area contributed by atoms with Crippen molar-refractivity contribution in [3.8, 4) is 0 Å². The second kappa shape index (κ2) is 7.78. The third-order valence-corrected chi connectivity index (χ3v) is 2.36. The Morgan fingerprint density at radius 1 is 1.29 bits per heavy atom. The van der Waals surface area contributed by atoms with Crippen molar-refractivity contribution in [3.63, 3.8) is 0 Å². The summed E-state index contributed by atoms with van der Waals surface area (Å²) in [6.07, 6.45) is 7.59. The molecule has 0 saturated heterocycles. The van der Waals surface area contributed by atoms with E-state index in [1.165, 1.54) is 12.8 Å². The molecule has 0 N–H and O–H groups in total. The number of carbonyl (C=O) groups excluding carboxylic acids is 1. The Labute approximate surface area is 88.6 Å². The summed E-state index contributed by atoms with van der Waals surface area (Å²) in [5.74, 6) is 1.29. The van der Waals surface area contributed by atoms with Gasteiger partial charge in [-0.05, 0) is 30.3 Å². The minimum Gasteiger partial charge on any atom is -0.298 e. The van der Waals surface area contributed by atoms with Crippen LogP contribution in [0, 0.1) is 11.8 Å². The molecule has 0 aromatic carbocycles. The standard InChI is InChI=1S/C13H24O/c1-5-6-12(4)7-8-13(10-14)9-11(2)3/h8,10-12H,5-7,9H2,1-4H3. The zero-order valence-electron chi connectivity index (χ0n) is 10.0. The summed E-state index contributed by atoms with van der Waals surface area (Å²) in [5.41, 5.74) is 0.975. The third kappa shape index (κ3) is 6.88. The minimum atomic E-state index is 0.577. The quantitative estimate of drug-likeness (QED) is 0.444. The first-order valence-electron chi connectivity index (χ1n) is 5.74. The average molecular weight is 196 g/mol. The van der Waals surface area contributed by atoms with Crippen molar-refractivity contribution in [2.24, 2.45) is 11.8 Å². The monoisotopic (exact) mass is 196 g/mol.